The van der Waals surface area contributed by atoms with Gasteiger partial charge in [0.15, 0.2) is 0 Å². The fourth-order valence-electron chi connectivity index (χ4n) is 3.02. The summed E-state index contributed by atoms with van der Waals surface area (Å²) in [6.45, 7) is 2.68. The van der Waals surface area contributed by atoms with Crippen molar-refractivity contribution in [2.75, 3.05) is 24.5 Å². The molecule has 1 aliphatic heterocycles. The van der Waals surface area contributed by atoms with Crippen molar-refractivity contribution in [1.82, 2.24) is 20.3 Å². The first kappa shape index (κ1) is 14.8. The molecule has 2 aromatic heterocycles. The van der Waals surface area contributed by atoms with Crippen molar-refractivity contribution in [3.8, 4) is 11.3 Å². The fourth-order valence-corrected chi connectivity index (χ4v) is 3.02. The molecular formula is C19H19N5. The summed E-state index contributed by atoms with van der Waals surface area (Å²) in [6, 6.07) is 16.7. The molecule has 1 N–H and O–H groups in total. The summed E-state index contributed by atoms with van der Waals surface area (Å²) in [4.78, 5) is 15.6. The van der Waals surface area contributed by atoms with Gasteiger partial charge in [-0.15, -0.1) is 0 Å². The zero-order chi connectivity index (χ0) is 16.2. The van der Waals surface area contributed by atoms with Gasteiger partial charge in [0.05, 0.1) is 5.69 Å². The predicted molar refractivity (Wildman–Crippen MR) is 94.7 cm³/mol. The van der Waals surface area contributed by atoms with Gasteiger partial charge in [0.25, 0.3) is 0 Å². The zero-order valence-corrected chi connectivity index (χ0v) is 13.3. The van der Waals surface area contributed by atoms with E-state index in [2.05, 4.69) is 44.5 Å². The Hall–Kier alpha value is -2.79. The summed E-state index contributed by atoms with van der Waals surface area (Å²) in [5.41, 5.74) is 3.21. The third-order valence-electron chi connectivity index (χ3n) is 4.26. The number of aromatic nitrogens is 3. The molecule has 1 aliphatic rings. The van der Waals surface area contributed by atoms with Crippen molar-refractivity contribution < 1.29 is 0 Å². The first-order chi connectivity index (χ1) is 11.9. The first-order valence-electron chi connectivity index (χ1n) is 8.17. The van der Waals surface area contributed by atoms with Gasteiger partial charge >= 0.3 is 0 Å². The van der Waals surface area contributed by atoms with Crippen LogP contribution in [0.5, 0.6) is 0 Å². The number of nitrogens with one attached hydrogen (secondary N) is 1. The Labute approximate surface area is 141 Å². The van der Waals surface area contributed by atoms with Gasteiger partial charge in [-0.2, -0.15) is 0 Å². The SMILES string of the molecule is c1ccc(C2CN(c3nccc(-c4cccnc4)n3)CCN2)cc1. The van der Waals surface area contributed by atoms with Gasteiger partial charge in [0.1, 0.15) is 0 Å². The van der Waals surface area contributed by atoms with Crippen LogP contribution in [0.25, 0.3) is 11.3 Å². The van der Waals surface area contributed by atoms with Gasteiger partial charge in [0.2, 0.25) is 5.95 Å². The first-order valence-corrected chi connectivity index (χ1v) is 8.17. The molecule has 24 heavy (non-hydrogen) atoms. The van der Waals surface area contributed by atoms with Gasteiger partial charge in [0, 0.05) is 49.8 Å². The van der Waals surface area contributed by atoms with Crippen LogP contribution in [0.4, 0.5) is 5.95 Å². The van der Waals surface area contributed by atoms with Crippen molar-refractivity contribution >= 4 is 5.95 Å². The number of anilines is 1. The van der Waals surface area contributed by atoms with Crippen molar-refractivity contribution in [3.05, 3.63) is 72.7 Å². The normalized spacial score (nSPS) is 17.7. The van der Waals surface area contributed by atoms with Gasteiger partial charge in [-0.3, -0.25) is 4.98 Å². The number of rotatable bonds is 3. The summed E-state index contributed by atoms with van der Waals surface area (Å²) in [6.07, 6.45) is 5.42. The Bertz CT molecular complexity index is 791. The average Bonchev–Trinajstić information content (AvgIpc) is 2.70. The highest BCUT2D eigenvalue weighted by Gasteiger charge is 2.22. The molecule has 120 valence electrons. The van der Waals surface area contributed by atoms with E-state index in [1.807, 2.05) is 36.7 Å². The molecule has 1 unspecified atom stereocenters. The predicted octanol–water partition coefficient (Wildman–Crippen LogP) is 2.69. The lowest BCUT2D eigenvalue weighted by Gasteiger charge is -2.34. The van der Waals surface area contributed by atoms with Crippen molar-refractivity contribution in [2.45, 2.75) is 6.04 Å². The van der Waals surface area contributed by atoms with E-state index in [0.717, 1.165) is 36.8 Å². The lowest BCUT2D eigenvalue weighted by Crippen LogP contribution is -2.46. The lowest BCUT2D eigenvalue weighted by molar-refractivity contribution is 0.467. The van der Waals surface area contributed by atoms with Gasteiger partial charge in [-0.1, -0.05) is 30.3 Å². The van der Waals surface area contributed by atoms with Crippen LogP contribution in [0.2, 0.25) is 0 Å². The molecule has 0 amide bonds. The molecule has 5 heteroatoms. The van der Waals surface area contributed by atoms with Crippen LogP contribution in [-0.2, 0) is 0 Å². The van der Waals surface area contributed by atoms with E-state index in [1.54, 1.807) is 6.20 Å². The molecule has 1 saturated heterocycles. The topological polar surface area (TPSA) is 53.9 Å². The van der Waals surface area contributed by atoms with Gasteiger partial charge < -0.3 is 10.2 Å². The highest BCUT2D eigenvalue weighted by atomic mass is 15.3. The van der Waals surface area contributed by atoms with E-state index in [9.17, 15) is 0 Å². The van der Waals surface area contributed by atoms with Crippen molar-refractivity contribution in [1.29, 1.82) is 0 Å². The Balaban J connectivity index is 1.57. The van der Waals surface area contributed by atoms with E-state index < -0.39 is 0 Å². The maximum atomic E-state index is 4.74. The molecule has 1 aromatic carbocycles. The largest absolute Gasteiger partial charge is 0.338 e. The van der Waals surface area contributed by atoms with E-state index in [1.165, 1.54) is 5.56 Å². The molecule has 0 saturated carbocycles. The Morgan fingerprint density at radius 1 is 1.00 bits per heavy atom. The number of hydrogen-bond donors (Lipinski definition) is 1. The number of nitrogens with zero attached hydrogens (tertiary/aromatic N) is 4. The third kappa shape index (κ3) is 3.12. The molecular weight excluding hydrogens is 298 g/mol. The molecule has 3 aromatic rings. The van der Waals surface area contributed by atoms with Crippen LogP contribution in [0, 0.1) is 0 Å². The highest BCUT2D eigenvalue weighted by molar-refractivity contribution is 5.58. The second kappa shape index (κ2) is 6.76. The minimum absolute atomic E-state index is 0.297. The maximum Gasteiger partial charge on any atom is 0.225 e. The Morgan fingerprint density at radius 3 is 2.75 bits per heavy atom. The quantitative estimate of drug-likeness (QED) is 0.805. The smallest absolute Gasteiger partial charge is 0.225 e. The second-order valence-electron chi connectivity index (χ2n) is 5.85. The summed E-state index contributed by atoms with van der Waals surface area (Å²) in [5.74, 6) is 0.777. The monoisotopic (exact) mass is 317 g/mol. The summed E-state index contributed by atoms with van der Waals surface area (Å²) in [7, 11) is 0. The molecule has 0 spiro atoms. The summed E-state index contributed by atoms with van der Waals surface area (Å²) in [5, 5.41) is 3.57. The molecule has 1 atom stereocenters. The van der Waals surface area contributed by atoms with Gasteiger partial charge in [-0.25, -0.2) is 9.97 Å². The standard InChI is InChI=1S/C19H19N5/c1-2-5-15(6-3-1)18-14-24(12-11-21-18)19-22-10-8-17(23-19)16-7-4-9-20-13-16/h1-10,13,18,21H,11-12,14H2. The van der Waals surface area contributed by atoms with E-state index in [0.29, 0.717) is 6.04 Å². The molecule has 0 bridgehead atoms. The van der Waals surface area contributed by atoms with Crippen molar-refractivity contribution in [3.63, 3.8) is 0 Å². The minimum atomic E-state index is 0.297. The molecule has 5 nitrogen and oxygen atoms in total. The van der Waals surface area contributed by atoms with E-state index >= 15 is 0 Å². The molecule has 0 aliphatic carbocycles. The number of pyridine rings is 1. The second-order valence-corrected chi connectivity index (χ2v) is 5.85. The van der Waals surface area contributed by atoms with Crippen LogP contribution in [0.15, 0.2) is 67.1 Å². The molecule has 1 fully saturated rings. The summed E-state index contributed by atoms with van der Waals surface area (Å²) >= 11 is 0. The number of piperazine rings is 1. The number of hydrogen-bond acceptors (Lipinski definition) is 5. The van der Waals surface area contributed by atoms with Crippen LogP contribution in [0.3, 0.4) is 0 Å². The summed E-state index contributed by atoms with van der Waals surface area (Å²) < 4.78 is 0. The highest BCUT2D eigenvalue weighted by Crippen LogP contribution is 2.22. The molecule has 4 rings (SSSR count). The maximum absolute atomic E-state index is 4.74. The lowest BCUT2D eigenvalue weighted by atomic mass is 10.0. The van der Waals surface area contributed by atoms with Crippen LogP contribution in [-0.4, -0.2) is 34.6 Å². The Kier molecular flexibility index (Phi) is 4.16. The van der Waals surface area contributed by atoms with E-state index in [4.69, 9.17) is 4.98 Å². The van der Waals surface area contributed by atoms with E-state index in [-0.39, 0.29) is 0 Å². The van der Waals surface area contributed by atoms with Gasteiger partial charge in [-0.05, 0) is 23.8 Å². The van der Waals surface area contributed by atoms with Crippen LogP contribution >= 0.6 is 0 Å². The Morgan fingerprint density at radius 2 is 1.92 bits per heavy atom. The molecule has 3 heterocycles. The number of benzene rings is 1. The van der Waals surface area contributed by atoms with Crippen molar-refractivity contribution in [2.24, 2.45) is 0 Å². The van der Waals surface area contributed by atoms with Crippen LogP contribution in [0.1, 0.15) is 11.6 Å². The van der Waals surface area contributed by atoms with Crippen LogP contribution < -0.4 is 10.2 Å². The molecule has 0 radical (unpaired) electrons. The average molecular weight is 317 g/mol. The third-order valence-corrected chi connectivity index (χ3v) is 4.26. The fraction of sp³-hybridized carbons (Fsp3) is 0.211. The zero-order valence-electron chi connectivity index (χ0n) is 13.3. The minimum Gasteiger partial charge on any atom is -0.338 e.